The Morgan fingerprint density at radius 3 is 2.69 bits per heavy atom. The van der Waals surface area contributed by atoms with Crippen LogP contribution in [0.1, 0.15) is 19.4 Å². The van der Waals surface area contributed by atoms with Crippen LogP contribution in [0.3, 0.4) is 0 Å². The fourth-order valence-electron chi connectivity index (χ4n) is 1.24. The summed E-state index contributed by atoms with van der Waals surface area (Å²) >= 11 is 11.8. The minimum Gasteiger partial charge on any atom is -0.375 e. The SMILES string of the molecule is CC(C)NCCOCc1ccc(Cl)cc1Cl. The molecule has 0 fully saturated rings. The molecule has 1 rings (SSSR count). The third-order valence-corrected chi connectivity index (χ3v) is 2.66. The van der Waals surface area contributed by atoms with Crippen LogP contribution >= 0.6 is 23.2 Å². The third kappa shape index (κ3) is 5.17. The Balaban J connectivity index is 2.27. The second-order valence-electron chi connectivity index (χ2n) is 3.90. The monoisotopic (exact) mass is 261 g/mol. The van der Waals surface area contributed by atoms with Crippen LogP contribution in [0, 0.1) is 0 Å². The standard InChI is InChI=1S/C12H17Cl2NO/c1-9(2)15-5-6-16-8-10-3-4-11(13)7-12(10)14/h3-4,7,9,15H,5-6,8H2,1-2H3. The summed E-state index contributed by atoms with van der Waals surface area (Å²) in [5.74, 6) is 0. The van der Waals surface area contributed by atoms with Gasteiger partial charge in [0, 0.05) is 22.6 Å². The number of hydrogen-bond acceptors (Lipinski definition) is 2. The number of nitrogens with one attached hydrogen (secondary N) is 1. The lowest BCUT2D eigenvalue weighted by Crippen LogP contribution is -2.26. The van der Waals surface area contributed by atoms with E-state index in [1.54, 1.807) is 6.07 Å². The van der Waals surface area contributed by atoms with Crippen molar-refractivity contribution in [1.29, 1.82) is 0 Å². The molecular weight excluding hydrogens is 245 g/mol. The number of rotatable bonds is 6. The zero-order chi connectivity index (χ0) is 12.0. The molecule has 0 spiro atoms. The third-order valence-electron chi connectivity index (χ3n) is 2.07. The van der Waals surface area contributed by atoms with Crippen molar-refractivity contribution < 1.29 is 4.74 Å². The summed E-state index contributed by atoms with van der Waals surface area (Å²) in [7, 11) is 0. The minimum atomic E-state index is 0.489. The summed E-state index contributed by atoms with van der Waals surface area (Å²) in [6.07, 6.45) is 0. The van der Waals surface area contributed by atoms with E-state index in [9.17, 15) is 0 Å². The van der Waals surface area contributed by atoms with E-state index in [1.165, 1.54) is 0 Å². The Morgan fingerprint density at radius 1 is 1.31 bits per heavy atom. The molecule has 1 aromatic carbocycles. The molecule has 0 aliphatic carbocycles. The summed E-state index contributed by atoms with van der Waals surface area (Å²) in [5.41, 5.74) is 0.968. The Bertz CT molecular complexity index is 329. The van der Waals surface area contributed by atoms with E-state index in [1.807, 2.05) is 12.1 Å². The van der Waals surface area contributed by atoms with Crippen LogP contribution in [0.25, 0.3) is 0 Å². The lowest BCUT2D eigenvalue weighted by Gasteiger charge is -2.09. The summed E-state index contributed by atoms with van der Waals surface area (Å²) in [5, 5.41) is 4.58. The van der Waals surface area contributed by atoms with Gasteiger partial charge < -0.3 is 10.1 Å². The molecule has 90 valence electrons. The zero-order valence-electron chi connectivity index (χ0n) is 9.59. The molecule has 16 heavy (non-hydrogen) atoms. The van der Waals surface area contributed by atoms with E-state index in [0.29, 0.717) is 29.3 Å². The van der Waals surface area contributed by atoms with Gasteiger partial charge in [0.1, 0.15) is 0 Å². The van der Waals surface area contributed by atoms with E-state index in [-0.39, 0.29) is 0 Å². The lowest BCUT2D eigenvalue weighted by molar-refractivity contribution is 0.121. The topological polar surface area (TPSA) is 21.3 Å². The number of benzene rings is 1. The van der Waals surface area contributed by atoms with E-state index in [2.05, 4.69) is 19.2 Å². The summed E-state index contributed by atoms with van der Waals surface area (Å²) < 4.78 is 5.50. The minimum absolute atomic E-state index is 0.489. The van der Waals surface area contributed by atoms with Gasteiger partial charge in [-0.3, -0.25) is 0 Å². The van der Waals surface area contributed by atoms with Gasteiger partial charge in [-0.15, -0.1) is 0 Å². The maximum absolute atomic E-state index is 6.01. The molecule has 0 aliphatic heterocycles. The molecule has 0 heterocycles. The maximum Gasteiger partial charge on any atom is 0.0732 e. The Kier molecular flexibility index (Phi) is 6.14. The van der Waals surface area contributed by atoms with Crippen molar-refractivity contribution in [2.75, 3.05) is 13.2 Å². The molecule has 0 aliphatic rings. The number of hydrogen-bond donors (Lipinski definition) is 1. The normalized spacial score (nSPS) is 11.1. The summed E-state index contributed by atoms with van der Waals surface area (Å²) in [6, 6.07) is 5.93. The highest BCUT2D eigenvalue weighted by molar-refractivity contribution is 6.35. The van der Waals surface area contributed by atoms with E-state index in [0.717, 1.165) is 12.1 Å². The Morgan fingerprint density at radius 2 is 2.06 bits per heavy atom. The molecular formula is C12H17Cl2NO. The first-order valence-corrected chi connectivity index (χ1v) is 6.10. The molecule has 0 unspecified atom stereocenters. The smallest absolute Gasteiger partial charge is 0.0732 e. The van der Waals surface area contributed by atoms with Crippen molar-refractivity contribution in [1.82, 2.24) is 5.32 Å². The second kappa shape index (κ2) is 7.13. The highest BCUT2D eigenvalue weighted by atomic mass is 35.5. The van der Waals surface area contributed by atoms with Gasteiger partial charge in [-0.25, -0.2) is 0 Å². The Hall–Kier alpha value is -0.280. The summed E-state index contributed by atoms with van der Waals surface area (Å²) in [4.78, 5) is 0. The van der Waals surface area contributed by atoms with Gasteiger partial charge in [-0.05, 0) is 17.7 Å². The predicted molar refractivity (Wildman–Crippen MR) is 69.3 cm³/mol. The fraction of sp³-hybridized carbons (Fsp3) is 0.500. The highest BCUT2D eigenvalue weighted by Crippen LogP contribution is 2.21. The zero-order valence-corrected chi connectivity index (χ0v) is 11.1. The molecule has 1 N–H and O–H groups in total. The molecule has 0 amide bonds. The van der Waals surface area contributed by atoms with Gasteiger partial charge in [-0.2, -0.15) is 0 Å². The van der Waals surface area contributed by atoms with Crippen LogP contribution in [0.5, 0.6) is 0 Å². The van der Waals surface area contributed by atoms with E-state index >= 15 is 0 Å². The average molecular weight is 262 g/mol. The number of halogens is 2. The van der Waals surface area contributed by atoms with Crippen LogP contribution in [-0.4, -0.2) is 19.2 Å². The van der Waals surface area contributed by atoms with Gasteiger partial charge in [0.05, 0.1) is 13.2 Å². The lowest BCUT2D eigenvalue weighted by atomic mass is 10.2. The van der Waals surface area contributed by atoms with E-state index in [4.69, 9.17) is 27.9 Å². The molecule has 0 aromatic heterocycles. The van der Waals surface area contributed by atoms with Gasteiger partial charge in [0.25, 0.3) is 0 Å². The Labute approximate surface area is 107 Å². The highest BCUT2D eigenvalue weighted by Gasteiger charge is 2.01. The predicted octanol–water partition coefficient (Wildman–Crippen LogP) is 3.51. The van der Waals surface area contributed by atoms with Gasteiger partial charge in [-0.1, -0.05) is 43.1 Å². The molecule has 0 atom stereocenters. The first-order valence-electron chi connectivity index (χ1n) is 5.34. The molecule has 1 aromatic rings. The van der Waals surface area contributed by atoms with Crippen molar-refractivity contribution >= 4 is 23.2 Å². The first kappa shape index (κ1) is 13.8. The van der Waals surface area contributed by atoms with Gasteiger partial charge in [0.2, 0.25) is 0 Å². The molecule has 2 nitrogen and oxygen atoms in total. The molecule has 0 saturated carbocycles. The average Bonchev–Trinajstić information content (AvgIpc) is 2.20. The van der Waals surface area contributed by atoms with Crippen molar-refractivity contribution in [3.8, 4) is 0 Å². The van der Waals surface area contributed by atoms with Crippen LogP contribution < -0.4 is 5.32 Å². The van der Waals surface area contributed by atoms with Gasteiger partial charge >= 0.3 is 0 Å². The van der Waals surface area contributed by atoms with Crippen LogP contribution in [0.15, 0.2) is 18.2 Å². The molecule has 0 saturated heterocycles. The van der Waals surface area contributed by atoms with Crippen LogP contribution in [0.4, 0.5) is 0 Å². The molecule has 4 heteroatoms. The number of ether oxygens (including phenoxy) is 1. The quantitative estimate of drug-likeness (QED) is 0.792. The van der Waals surface area contributed by atoms with Crippen LogP contribution in [0.2, 0.25) is 10.0 Å². The van der Waals surface area contributed by atoms with Crippen molar-refractivity contribution in [2.24, 2.45) is 0 Å². The van der Waals surface area contributed by atoms with Crippen molar-refractivity contribution in [3.63, 3.8) is 0 Å². The summed E-state index contributed by atoms with van der Waals surface area (Å²) in [6.45, 7) is 6.27. The molecule has 0 radical (unpaired) electrons. The van der Waals surface area contributed by atoms with Crippen molar-refractivity contribution in [2.45, 2.75) is 26.5 Å². The van der Waals surface area contributed by atoms with E-state index < -0.39 is 0 Å². The maximum atomic E-state index is 6.01. The van der Waals surface area contributed by atoms with Gasteiger partial charge in [0.15, 0.2) is 0 Å². The van der Waals surface area contributed by atoms with Crippen LogP contribution in [-0.2, 0) is 11.3 Å². The fourth-order valence-corrected chi connectivity index (χ4v) is 1.70. The van der Waals surface area contributed by atoms with Crippen molar-refractivity contribution in [3.05, 3.63) is 33.8 Å². The first-order chi connectivity index (χ1) is 7.59. The second-order valence-corrected chi connectivity index (χ2v) is 4.74. The molecule has 0 bridgehead atoms. The largest absolute Gasteiger partial charge is 0.375 e.